The van der Waals surface area contributed by atoms with Crippen molar-refractivity contribution in [3.8, 4) is 11.5 Å². The van der Waals surface area contributed by atoms with Gasteiger partial charge < -0.3 is 30.3 Å². The molecule has 0 fully saturated rings. The zero-order valence-corrected chi connectivity index (χ0v) is 30.3. The molecule has 0 atom stereocenters. The average Bonchev–Trinajstić information content (AvgIpc) is 3.22. The van der Waals surface area contributed by atoms with E-state index in [4.69, 9.17) is 4.74 Å². The van der Waals surface area contributed by atoms with Crippen molar-refractivity contribution in [2.45, 2.75) is 38.5 Å². The number of rotatable bonds is 9. The number of aliphatic hydroxyl groups is 2. The van der Waals surface area contributed by atoms with Crippen molar-refractivity contribution < 1.29 is 24.9 Å². The lowest BCUT2D eigenvalue weighted by atomic mass is 9.88. The Labute approximate surface area is 308 Å². The third kappa shape index (κ3) is 10.6. The van der Waals surface area contributed by atoms with Crippen molar-refractivity contribution in [2.75, 3.05) is 53.0 Å². The van der Waals surface area contributed by atoms with Crippen LogP contribution in [-0.4, -0.2) is 79.6 Å². The second kappa shape index (κ2) is 20.3. The van der Waals surface area contributed by atoms with Gasteiger partial charge >= 0.3 is 0 Å². The van der Waals surface area contributed by atoms with Gasteiger partial charge in [-0.15, -0.1) is 0 Å². The van der Waals surface area contributed by atoms with Crippen LogP contribution in [0.3, 0.4) is 0 Å². The van der Waals surface area contributed by atoms with E-state index < -0.39 is 0 Å². The summed E-state index contributed by atoms with van der Waals surface area (Å²) in [6, 6.07) is 35.9. The zero-order chi connectivity index (χ0) is 36.5. The predicted molar refractivity (Wildman–Crippen MR) is 211 cm³/mol. The molecular formula is C45H52N2O5. The van der Waals surface area contributed by atoms with Crippen molar-refractivity contribution >= 4 is 23.0 Å². The van der Waals surface area contributed by atoms with Gasteiger partial charge in [-0.2, -0.15) is 0 Å². The van der Waals surface area contributed by atoms with Crippen LogP contribution in [-0.2, 0) is 0 Å². The summed E-state index contributed by atoms with van der Waals surface area (Å²) in [4.78, 5) is 13.5. The highest BCUT2D eigenvalue weighted by molar-refractivity contribution is 5.83. The minimum Gasteiger partial charge on any atom is -0.507 e. The maximum atomic E-state index is 11.2. The lowest BCUT2D eigenvalue weighted by Gasteiger charge is -2.28. The molecule has 0 bridgehead atoms. The Morgan fingerprint density at radius 1 is 0.673 bits per heavy atom. The van der Waals surface area contributed by atoms with Gasteiger partial charge in [0.05, 0.1) is 18.8 Å². The van der Waals surface area contributed by atoms with Crippen LogP contribution in [0.2, 0.25) is 0 Å². The SMILES string of the molecule is CN1CCC(COc2cccc(O)c2C=O)=C(c2ccccc2)C1.OCC1=C(c2ccccc2)CCCC1.OCC1=C(c2ccccc2)CNCC1. The average molecular weight is 701 g/mol. The molecule has 4 aromatic carbocycles. The Balaban J connectivity index is 0.000000160. The van der Waals surface area contributed by atoms with Crippen LogP contribution in [0.4, 0.5) is 0 Å². The molecule has 1 aliphatic carbocycles. The van der Waals surface area contributed by atoms with Crippen LogP contribution >= 0.6 is 0 Å². The van der Waals surface area contributed by atoms with E-state index >= 15 is 0 Å². The standard InChI is InChI=1S/C20H21NO3.C13H16O.C12H15NO/c1-21-11-10-16(17(12-21)15-6-3-2-4-7-15)14-24-20-9-5-8-19(23)18(20)13-22;14-10-12-8-4-5-9-13(12)11-6-2-1-3-7-11;14-9-11-6-7-13-8-12(11)10-4-2-1-3-5-10/h2-9,13,23H,10-12,14H2,1H3;1-3,6-7,14H,4-5,8-10H2;1-5,13-14H,6-9H2. The highest BCUT2D eigenvalue weighted by Crippen LogP contribution is 2.32. The number of likely N-dealkylation sites (N-methyl/N-ethyl adjacent to an activating group) is 1. The molecule has 7 nitrogen and oxygen atoms in total. The number of nitrogens with zero attached hydrogens (tertiary/aromatic N) is 1. The molecule has 0 unspecified atom stereocenters. The summed E-state index contributed by atoms with van der Waals surface area (Å²) in [5.74, 6) is 0.368. The Morgan fingerprint density at radius 3 is 1.87 bits per heavy atom. The summed E-state index contributed by atoms with van der Waals surface area (Å²) >= 11 is 0. The number of phenolic OH excluding ortho intramolecular Hbond substituents is 1. The highest BCUT2D eigenvalue weighted by Gasteiger charge is 2.19. The first-order chi connectivity index (χ1) is 25.5. The number of carbonyl (C=O) groups is 1. The van der Waals surface area contributed by atoms with Gasteiger partial charge in [-0.3, -0.25) is 4.79 Å². The fourth-order valence-corrected chi connectivity index (χ4v) is 6.95. The van der Waals surface area contributed by atoms with Crippen LogP contribution in [0.15, 0.2) is 126 Å². The highest BCUT2D eigenvalue weighted by atomic mass is 16.5. The van der Waals surface area contributed by atoms with E-state index in [0.717, 1.165) is 51.9 Å². The molecule has 4 N–H and O–H groups in total. The second-order valence-electron chi connectivity index (χ2n) is 13.4. The molecule has 7 heteroatoms. The number of aromatic hydroxyl groups is 1. The maximum absolute atomic E-state index is 11.2. The van der Waals surface area contributed by atoms with Gasteiger partial charge in [0.1, 0.15) is 18.1 Å². The number of nitrogens with one attached hydrogen (secondary N) is 1. The number of ether oxygens (including phenoxy) is 1. The molecule has 0 amide bonds. The Bertz CT molecular complexity index is 1750. The lowest BCUT2D eigenvalue weighted by Crippen LogP contribution is -2.29. The molecule has 272 valence electrons. The normalized spacial score (nSPS) is 16.4. The fraction of sp³-hybridized carbons (Fsp3) is 0.311. The van der Waals surface area contributed by atoms with E-state index in [2.05, 4.69) is 65.8 Å². The van der Waals surface area contributed by atoms with E-state index in [1.54, 1.807) is 12.1 Å². The fourth-order valence-electron chi connectivity index (χ4n) is 6.95. The number of benzene rings is 4. The van der Waals surface area contributed by atoms with Crippen LogP contribution < -0.4 is 10.1 Å². The van der Waals surface area contributed by atoms with Crippen molar-refractivity contribution in [3.05, 3.63) is 148 Å². The molecule has 3 aliphatic rings. The molecule has 0 radical (unpaired) electrons. The summed E-state index contributed by atoms with van der Waals surface area (Å²) in [6.07, 6.45) is 7.20. The quantitative estimate of drug-likeness (QED) is 0.132. The summed E-state index contributed by atoms with van der Waals surface area (Å²) in [5.41, 5.74) is 11.5. The molecule has 7 rings (SSSR count). The summed E-state index contributed by atoms with van der Waals surface area (Å²) in [7, 11) is 2.11. The smallest absolute Gasteiger partial charge is 0.157 e. The number of allylic oxidation sites excluding steroid dienone is 1. The lowest BCUT2D eigenvalue weighted by molar-refractivity contribution is 0.111. The van der Waals surface area contributed by atoms with Gasteiger partial charge in [0, 0.05) is 19.6 Å². The second-order valence-corrected chi connectivity index (χ2v) is 13.4. The number of hydrogen-bond acceptors (Lipinski definition) is 7. The Kier molecular flexibility index (Phi) is 15.0. The monoisotopic (exact) mass is 700 g/mol. The number of aliphatic hydroxyl groups excluding tert-OH is 2. The van der Waals surface area contributed by atoms with Gasteiger partial charge in [0.25, 0.3) is 0 Å². The van der Waals surface area contributed by atoms with Gasteiger partial charge in [0.15, 0.2) is 6.29 Å². The van der Waals surface area contributed by atoms with E-state index in [1.165, 1.54) is 69.0 Å². The van der Waals surface area contributed by atoms with Crippen LogP contribution in [0.1, 0.15) is 65.6 Å². The van der Waals surface area contributed by atoms with Gasteiger partial charge in [-0.05, 0) is 114 Å². The number of carbonyl (C=O) groups excluding carboxylic acids is 1. The molecule has 0 spiro atoms. The largest absolute Gasteiger partial charge is 0.507 e. The third-order valence-electron chi connectivity index (χ3n) is 9.88. The van der Waals surface area contributed by atoms with Crippen LogP contribution in [0.25, 0.3) is 16.7 Å². The molecule has 0 aromatic heterocycles. The van der Waals surface area contributed by atoms with Crippen molar-refractivity contribution in [2.24, 2.45) is 0 Å². The molecule has 2 aliphatic heterocycles. The minimum absolute atomic E-state index is 0.0526. The van der Waals surface area contributed by atoms with Crippen molar-refractivity contribution in [1.82, 2.24) is 10.2 Å². The maximum Gasteiger partial charge on any atom is 0.157 e. The zero-order valence-electron chi connectivity index (χ0n) is 30.3. The first-order valence-corrected chi connectivity index (χ1v) is 18.3. The Hall–Kier alpha value is -4.79. The molecule has 2 heterocycles. The first kappa shape index (κ1) is 38.4. The summed E-state index contributed by atoms with van der Waals surface area (Å²) in [5, 5.41) is 31.6. The summed E-state index contributed by atoms with van der Waals surface area (Å²) in [6.45, 7) is 4.55. The number of phenols is 1. The number of hydrogen-bond donors (Lipinski definition) is 4. The third-order valence-corrected chi connectivity index (χ3v) is 9.88. The van der Waals surface area contributed by atoms with E-state index in [-0.39, 0.29) is 24.5 Å². The molecular weight excluding hydrogens is 649 g/mol. The van der Waals surface area contributed by atoms with Crippen LogP contribution in [0, 0.1) is 0 Å². The molecule has 52 heavy (non-hydrogen) atoms. The first-order valence-electron chi connectivity index (χ1n) is 18.3. The minimum atomic E-state index is -0.0526. The summed E-state index contributed by atoms with van der Waals surface area (Å²) < 4.78 is 5.87. The van der Waals surface area contributed by atoms with E-state index in [1.807, 2.05) is 42.5 Å². The van der Waals surface area contributed by atoms with E-state index in [9.17, 15) is 20.1 Å². The number of aldehydes is 1. The van der Waals surface area contributed by atoms with Gasteiger partial charge in [-0.1, -0.05) is 97.1 Å². The van der Waals surface area contributed by atoms with Crippen molar-refractivity contribution in [3.63, 3.8) is 0 Å². The van der Waals surface area contributed by atoms with Crippen LogP contribution in [0.5, 0.6) is 11.5 Å². The predicted octanol–water partition coefficient (Wildman–Crippen LogP) is 7.81. The van der Waals surface area contributed by atoms with Gasteiger partial charge in [0.2, 0.25) is 0 Å². The Morgan fingerprint density at radius 2 is 1.25 bits per heavy atom. The van der Waals surface area contributed by atoms with Crippen molar-refractivity contribution in [1.29, 1.82) is 0 Å². The molecule has 0 saturated heterocycles. The van der Waals surface area contributed by atoms with E-state index in [0.29, 0.717) is 18.6 Å². The molecule has 0 saturated carbocycles. The topological polar surface area (TPSA) is 102 Å². The van der Waals surface area contributed by atoms with Gasteiger partial charge in [-0.25, -0.2) is 0 Å². The molecule has 4 aromatic rings.